The Bertz CT molecular complexity index is 407. The Kier molecular flexibility index (Phi) is 2.75. The number of carbonyl (C=O) groups excluding carboxylic acids is 1. The molecule has 0 bridgehead atoms. The standard InChI is InChI=1S/C14H18N2O/c17-14-4-3-11-16(14)13-7-5-12(6-8-13)15-9-1-2-10-15/h5-8H,1-4,9-11H2. The molecule has 2 aliphatic heterocycles. The lowest BCUT2D eigenvalue weighted by molar-refractivity contribution is -0.117. The second kappa shape index (κ2) is 4.40. The van der Waals surface area contributed by atoms with Gasteiger partial charge in [0.15, 0.2) is 0 Å². The second-order valence-corrected chi connectivity index (χ2v) is 4.86. The SMILES string of the molecule is O=C1CCCN1c1ccc(N2CCCC2)cc1. The lowest BCUT2D eigenvalue weighted by atomic mass is 10.2. The summed E-state index contributed by atoms with van der Waals surface area (Å²) in [5.41, 5.74) is 2.34. The summed E-state index contributed by atoms with van der Waals surface area (Å²) >= 11 is 0. The van der Waals surface area contributed by atoms with E-state index in [1.54, 1.807) is 0 Å². The van der Waals surface area contributed by atoms with Crippen LogP contribution in [-0.4, -0.2) is 25.5 Å². The van der Waals surface area contributed by atoms with Crippen LogP contribution in [0, 0.1) is 0 Å². The van der Waals surface area contributed by atoms with Gasteiger partial charge in [-0.3, -0.25) is 4.79 Å². The van der Waals surface area contributed by atoms with Crippen molar-refractivity contribution >= 4 is 17.3 Å². The normalized spacial score (nSPS) is 20.4. The van der Waals surface area contributed by atoms with Gasteiger partial charge in [0.1, 0.15) is 0 Å². The van der Waals surface area contributed by atoms with Gasteiger partial charge < -0.3 is 9.80 Å². The highest BCUT2D eigenvalue weighted by atomic mass is 16.2. The Hall–Kier alpha value is -1.51. The van der Waals surface area contributed by atoms with Gasteiger partial charge in [-0.05, 0) is 43.5 Å². The van der Waals surface area contributed by atoms with Crippen molar-refractivity contribution in [2.75, 3.05) is 29.4 Å². The molecule has 3 heteroatoms. The summed E-state index contributed by atoms with van der Waals surface area (Å²) < 4.78 is 0. The molecule has 1 amide bonds. The molecule has 0 atom stereocenters. The van der Waals surface area contributed by atoms with Crippen LogP contribution in [0.4, 0.5) is 11.4 Å². The summed E-state index contributed by atoms with van der Waals surface area (Å²) in [7, 11) is 0. The van der Waals surface area contributed by atoms with Crippen LogP contribution in [0.5, 0.6) is 0 Å². The van der Waals surface area contributed by atoms with E-state index < -0.39 is 0 Å². The Morgan fingerprint density at radius 3 is 2.06 bits per heavy atom. The molecule has 0 spiro atoms. The molecule has 90 valence electrons. The molecule has 0 saturated carbocycles. The van der Waals surface area contributed by atoms with Crippen LogP contribution in [0.25, 0.3) is 0 Å². The van der Waals surface area contributed by atoms with E-state index in [2.05, 4.69) is 29.2 Å². The van der Waals surface area contributed by atoms with Gasteiger partial charge in [0.2, 0.25) is 5.91 Å². The Morgan fingerprint density at radius 1 is 0.824 bits per heavy atom. The predicted molar refractivity (Wildman–Crippen MR) is 69.5 cm³/mol. The molecule has 17 heavy (non-hydrogen) atoms. The molecule has 0 N–H and O–H groups in total. The quantitative estimate of drug-likeness (QED) is 0.779. The Labute approximate surface area is 102 Å². The maximum absolute atomic E-state index is 11.6. The highest BCUT2D eigenvalue weighted by molar-refractivity contribution is 5.95. The van der Waals surface area contributed by atoms with Crippen molar-refractivity contribution in [3.8, 4) is 0 Å². The van der Waals surface area contributed by atoms with Crippen LogP contribution < -0.4 is 9.80 Å². The summed E-state index contributed by atoms with van der Waals surface area (Å²) in [5.74, 6) is 0.263. The summed E-state index contributed by atoms with van der Waals surface area (Å²) in [6.45, 7) is 3.21. The molecular formula is C14H18N2O. The van der Waals surface area contributed by atoms with Crippen LogP contribution in [0.2, 0.25) is 0 Å². The predicted octanol–water partition coefficient (Wildman–Crippen LogP) is 2.41. The molecule has 2 saturated heterocycles. The third-order valence-electron chi connectivity index (χ3n) is 3.71. The van der Waals surface area contributed by atoms with E-state index >= 15 is 0 Å². The van der Waals surface area contributed by atoms with Crippen LogP contribution in [0.3, 0.4) is 0 Å². The van der Waals surface area contributed by atoms with Crippen molar-refractivity contribution in [2.45, 2.75) is 25.7 Å². The monoisotopic (exact) mass is 230 g/mol. The van der Waals surface area contributed by atoms with E-state index in [4.69, 9.17) is 0 Å². The fourth-order valence-corrected chi connectivity index (χ4v) is 2.74. The highest BCUT2D eigenvalue weighted by Crippen LogP contribution is 2.26. The number of rotatable bonds is 2. The fourth-order valence-electron chi connectivity index (χ4n) is 2.74. The highest BCUT2D eigenvalue weighted by Gasteiger charge is 2.21. The minimum absolute atomic E-state index is 0.263. The van der Waals surface area contributed by atoms with E-state index in [0.717, 1.165) is 18.7 Å². The number of nitrogens with zero attached hydrogens (tertiary/aromatic N) is 2. The maximum atomic E-state index is 11.6. The average Bonchev–Trinajstić information content (AvgIpc) is 3.00. The van der Waals surface area contributed by atoms with Crippen LogP contribution in [0.15, 0.2) is 24.3 Å². The van der Waals surface area contributed by atoms with E-state index in [9.17, 15) is 4.79 Å². The lowest BCUT2D eigenvalue weighted by Gasteiger charge is -2.20. The van der Waals surface area contributed by atoms with E-state index in [0.29, 0.717) is 6.42 Å². The molecule has 2 aliphatic rings. The van der Waals surface area contributed by atoms with Crippen LogP contribution in [-0.2, 0) is 4.79 Å². The number of carbonyl (C=O) groups is 1. The van der Waals surface area contributed by atoms with Crippen molar-refractivity contribution in [1.82, 2.24) is 0 Å². The molecule has 0 aliphatic carbocycles. The Morgan fingerprint density at radius 2 is 1.47 bits per heavy atom. The number of benzene rings is 1. The average molecular weight is 230 g/mol. The minimum Gasteiger partial charge on any atom is -0.372 e. The first-order valence-electron chi connectivity index (χ1n) is 6.50. The molecule has 2 fully saturated rings. The molecular weight excluding hydrogens is 212 g/mol. The summed E-state index contributed by atoms with van der Waals surface area (Å²) in [6, 6.07) is 8.45. The first kappa shape index (κ1) is 10.6. The van der Waals surface area contributed by atoms with Crippen molar-refractivity contribution in [2.24, 2.45) is 0 Å². The zero-order valence-electron chi connectivity index (χ0n) is 10.1. The molecule has 0 aromatic heterocycles. The second-order valence-electron chi connectivity index (χ2n) is 4.86. The first-order valence-corrected chi connectivity index (χ1v) is 6.50. The smallest absolute Gasteiger partial charge is 0.227 e. The lowest BCUT2D eigenvalue weighted by Crippen LogP contribution is -2.23. The van der Waals surface area contributed by atoms with Crippen molar-refractivity contribution < 1.29 is 4.79 Å². The molecule has 1 aromatic carbocycles. The first-order chi connectivity index (χ1) is 8.34. The summed E-state index contributed by atoms with van der Waals surface area (Å²) in [6.07, 6.45) is 4.29. The fraction of sp³-hybridized carbons (Fsp3) is 0.500. The zero-order valence-corrected chi connectivity index (χ0v) is 10.1. The third-order valence-corrected chi connectivity index (χ3v) is 3.71. The van der Waals surface area contributed by atoms with Crippen LogP contribution >= 0.6 is 0 Å². The van der Waals surface area contributed by atoms with Gasteiger partial charge in [-0.2, -0.15) is 0 Å². The Balaban J connectivity index is 1.77. The number of amides is 1. The minimum atomic E-state index is 0.263. The van der Waals surface area contributed by atoms with E-state index in [-0.39, 0.29) is 5.91 Å². The topological polar surface area (TPSA) is 23.6 Å². The molecule has 3 nitrogen and oxygen atoms in total. The van der Waals surface area contributed by atoms with Gasteiger partial charge in [0.05, 0.1) is 0 Å². The van der Waals surface area contributed by atoms with Gasteiger partial charge in [0, 0.05) is 37.4 Å². The van der Waals surface area contributed by atoms with Crippen LogP contribution in [0.1, 0.15) is 25.7 Å². The van der Waals surface area contributed by atoms with Gasteiger partial charge >= 0.3 is 0 Å². The van der Waals surface area contributed by atoms with Crippen molar-refractivity contribution in [3.63, 3.8) is 0 Å². The largest absolute Gasteiger partial charge is 0.372 e. The van der Waals surface area contributed by atoms with Gasteiger partial charge in [-0.1, -0.05) is 0 Å². The van der Waals surface area contributed by atoms with Gasteiger partial charge in [0.25, 0.3) is 0 Å². The summed E-state index contributed by atoms with van der Waals surface area (Å²) in [5, 5.41) is 0. The number of hydrogen-bond donors (Lipinski definition) is 0. The number of anilines is 2. The summed E-state index contributed by atoms with van der Waals surface area (Å²) in [4.78, 5) is 15.9. The van der Waals surface area contributed by atoms with E-state index in [1.165, 1.54) is 31.6 Å². The van der Waals surface area contributed by atoms with Crippen molar-refractivity contribution in [3.05, 3.63) is 24.3 Å². The number of hydrogen-bond acceptors (Lipinski definition) is 2. The van der Waals surface area contributed by atoms with Gasteiger partial charge in [-0.25, -0.2) is 0 Å². The molecule has 2 heterocycles. The molecule has 0 radical (unpaired) electrons. The third kappa shape index (κ3) is 2.02. The van der Waals surface area contributed by atoms with E-state index in [1.807, 2.05) is 4.90 Å². The van der Waals surface area contributed by atoms with Gasteiger partial charge in [-0.15, -0.1) is 0 Å². The molecule has 3 rings (SSSR count). The van der Waals surface area contributed by atoms with Crippen molar-refractivity contribution in [1.29, 1.82) is 0 Å². The molecule has 0 unspecified atom stereocenters. The zero-order chi connectivity index (χ0) is 11.7. The maximum Gasteiger partial charge on any atom is 0.227 e. The molecule has 1 aromatic rings.